The van der Waals surface area contributed by atoms with Crippen molar-refractivity contribution in [2.45, 2.75) is 31.8 Å². The first-order chi connectivity index (χ1) is 7.75. The molecule has 1 heterocycles. The van der Waals surface area contributed by atoms with Crippen LogP contribution in [0.15, 0.2) is 24.3 Å². The average molecular weight is 239 g/mol. The van der Waals surface area contributed by atoms with E-state index in [1.54, 1.807) is 0 Å². The number of thioether (sulfide) groups is 1. The van der Waals surface area contributed by atoms with Gasteiger partial charge < -0.3 is 5.32 Å². The molecule has 88 valence electrons. The third kappa shape index (κ3) is 3.22. The van der Waals surface area contributed by atoms with Crippen LogP contribution in [0.25, 0.3) is 0 Å². The van der Waals surface area contributed by atoms with E-state index in [0.717, 1.165) is 5.56 Å². The first-order valence-electron chi connectivity index (χ1n) is 5.85. The Kier molecular flexibility index (Phi) is 4.24. The Bertz CT molecular complexity index is 319. The van der Waals surface area contributed by atoms with E-state index in [1.165, 1.54) is 36.5 Å². The summed E-state index contributed by atoms with van der Waals surface area (Å²) in [5.74, 6) is 2.33. The molecule has 3 heteroatoms. The largest absolute Gasteiger partial charge is 0.307 e. The minimum absolute atomic E-state index is 0.163. The second-order valence-corrected chi connectivity index (χ2v) is 5.50. The van der Waals surface area contributed by atoms with Gasteiger partial charge in [-0.2, -0.15) is 11.8 Å². The maximum Gasteiger partial charge on any atom is 0.123 e. The molecular weight excluding hydrogens is 221 g/mol. The van der Waals surface area contributed by atoms with Gasteiger partial charge in [-0.3, -0.25) is 0 Å². The van der Waals surface area contributed by atoms with E-state index in [-0.39, 0.29) is 5.82 Å². The zero-order valence-corrected chi connectivity index (χ0v) is 10.4. The zero-order valence-electron chi connectivity index (χ0n) is 9.58. The molecule has 1 nitrogen and oxygen atoms in total. The van der Waals surface area contributed by atoms with Crippen molar-refractivity contribution in [3.63, 3.8) is 0 Å². The smallest absolute Gasteiger partial charge is 0.123 e. The molecule has 16 heavy (non-hydrogen) atoms. The third-order valence-corrected chi connectivity index (χ3v) is 4.23. The second-order valence-electron chi connectivity index (χ2n) is 4.35. The summed E-state index contributed by atoms with van der Waals surface area (Å²) < 4.78 is 12.8. The SMILES string of the molecule is CC(NC1CCCSC1)c1ccc(F)cc1. The van der Waals surface area contributed by atoms with E-state index in [1.807, 2.05) is 23.9 Å². The quantitative estimate of drug-likeness (QED) is 0.868. The number of nitrogens with one attached hydrogen (secondary N) is 1. The summed E-state index contributed by atoms with van der Waals surface area (Å²) in [5, 5.41) is 3.61. The Morgan fingerprint density at radius 2 is 2.12 bits per heavy atom. The lowest BCUT2D eigenvalue weighted by atomic mass is 10.1. The van der Waals surface area contributed by atoms with E-state index in [0.29, 0.717) is 12.1 Å². The van der Waals surface area contributed by atoms with Gasteiger partial charge in [0, 0.05) is 17.8 Å². The lowest BCUT2D eigenvalue weighted by molar-refractivity contribution is 0.452. The van der Waals surface area contributed by atoms with Gasteiger partial charge in [0.2, 0.25) is 0 Å². The number of benzene rings is 1. The molecule has 1 aromatic carbocycles. The molecule has 0 bridgehead atoms. The zero-order chi connectivity index (χ0) is 11.4. The van der Waals surface area contributed by atoms with Crippen molar-refractivity contribution in [2.24, 2.45) is 0 Å². The first kappa shape index (κ1) is 11.9. The van der Waals surface area contributed by atoms with Crippen molar-refractivity contribution >= 4 is 11.8 Å². The van der Waals surface area contributed by atoms with Crippen LogP contribution in [0.2, 0.25) is 0 Å². The van der Waals surface area contributed by atoms with Crippen molar-refractivity contribution in [2.75, 3.05) is 11.5 Å². The molecule has 0 amide bonds. The van der Waals surface area contributed by atoms with Crippen LogP contribution in [0.5, 0.6) is 0 Å². The van der Waals surface area contributed by atoms with E-state index in [4.69, 9.17) is 0 Å². The standard InChI is InChI=1S/C13H18FNS/c1-10(11-4-6-12(14)7-5-11)15-13-3-2-8-16-9-13/h4-7,10,13,15H,2-3,8-9H2,1H3. The fourth-order valence-corrected chi connectivity index (χ4v) is 3.16. The van der Waals surface area contributed by atoms with Gasteiger partial charge in [-0.1, -0.05) is 12.1 Å². The molecule has 0 aromatic heterocycles. The summed E-state index contributed by atoms with van der Waals surface area (Å²) in [7, 11) is 0. The van der Waals surface area contributed by atoms with Crippen LogP contribution in [0.1, 0.15) is 31.4 Å². The summed E-state index contributed by atoms with van der Waals surface area (Å²) >= 11 is 2.02. The summed E-state index contributed by atoms with van der Waals surface area (Å²) in [5.41, 5.74) is 1.16. The molecule has 1 saturated heterocycles. The van der Waals surface area contributed by atoms with Gasteiger partial charge in [-0.15, -0.1) is 0 Å². The number of rotatable bonds is 3. The Morgan fingerprint density at radius 3 is 2.75 bits per heavy atom. The highest BCUT2D eigenvalue weighted by Crippen LogP contribution is 2.20. The van der Waals surface area contributed by atoms with Crippen molar-refractivity contribution in [3.05, 3.63) is 35.6 Å². The lowest BCUT2D eigenvalue weighted by Gasteiger charge is -2.26. The van der Waals surface area contributed by atoms with Crippen LogP contribution in [-0.2, 0) is 0 Å². The molecule has 1 aliphatic rings. The summed E-state index contributed by atoms with van der Waals surface area (Å²) in [6.07, 6.45) is 2.57. The summed E-state index contributed by atoms with van der Waals surface area (Å²) in [6.45, 7) is 2.15. The van der Waals surface area contributed by atoms with E-state index < -0.39 is 0 Å². The van der Waals surface area contributed by atoms with Crippen LogP contribution in [0.4, 0.5) is 4.39 Å². The number of hydrogen-bond donors (Lipinski definition) is 1. The fraction of sp³-hybridized carbons (Fsp3) is 0.538. The molecule has 2 atom stereocenters. The Hall–Kier alpha value is -0.540. The monoisotopic (exact) mass is 239 g/mol. The van der Waals surface area contributed by atoms with Crippen LogP contribution in [0, 0.1) is 5.82 Å². The van der Waals surface area contributed by atoms with Crippen molar-refractivity contribution in [1.29, 1.82) is 0 Å². The minimum Gasteiger partial charge on any atom is -0.307 e. The molecule has 1 fully saturated rings. The number of halogens is 1. The molecule has 0 radical (unpaired) electrons. The maximum atomic E-state index is 12.8. The van der Waals surface area contributed by atoms with E-state index >= 15 is 0 Å². The fourth-order valence-electron chi connectivity index (χ4n) is 2.07. The predicted molar refractivity (Wildman–Crippen MR) is 68.3 cm³/mol. The van der Waals surface area contributed by atoms with Crippen molar-refractivity contribution < 1.29 is 4.39 Å². The third-order valence-electron chi connectivity index (χ3n) is 3.02. The molecule has 0 saturated carbocycles. The molecule has 1 aromatic rings. The molecule has 0 spiro atoms. The van der Waals surface area contributed by atoms with Crippen LogP contribution >= 0.6 is 11.8 Å². The Morgan fingerprint density at radius 1 is 1.38 bits per heavy atom. The highest BCUT2D eigenvalue weighted by atomic mass is 32.2. The van der Waals surface area contributed by atoms with Crippen molar-refractivity contribution in [1.82, 2.24) is 5.32 Å². The van der Waals surface area contributed by atoms with Crippen molar-refractivity contribution in [3.8, 4) is 0 Å². The van der Waals surface area contributed by atoms with Crippen LogP contribution < -0.4 is 5.32 Å². The van der Waals surface area contributed by atoms with Gasteiger partial charge in [0.1, 0.15) is 5.82 Å². The van der Waals surface area contributed by atoms with Gasteiger partial charge in [-0.25, -0.2) is 4.39 Å². The lowest BCUT2D eigenvalue weighted by Crippen LogP contribution is -2.35. The Balaban J connectivity index is 1.91. The van der Waals surface area contributed by atoms with E-state index in [9.17, 15) is 4.39 Å². The highest BCUT2D eigenvalue weighted by molar-refractivity contribution is 7.99. The van der Waals surface area contributed by atoms with Crippen LogP contribution in [0.3, 0.4) is 0 Å². The maximum absolute atomic E-state index is 12.8. The topological polar surface area (TPSA) is 12.0 Å². The van der Waals surface area contributed by atoms with E-state index in [2.05, 4.69) is 12.2 Å². The molecule has 2 unspecified atom stereocenters. The predicted octanol–water partition coefficient (Wildman–Crippen LogP) is 3.37. The van der Waals surface area contributed by atoms with Gasteiger partial charge in [0.15, 0.2) is 0 Å². The van der Waals surface area contributed by atoms with Crippen LogP contribution in [-0.4, -0.2) is 17.5 Å². The molecular formula is C13H18FNS. The summed E-state index contributed by atoms with van der Waals surface area (Å²) in [4.78, 5) is 0. The van der Waals surface area contributed by atoms with Gasteiger partial charge in [-0.05, 0) is 43.2 Å². The number of hydrogen-bond acceptors (Lipinski definition) is 2. The van der Waals surface area contributed by atoms with Gasteiger partial charge >= 0.3 is 0 Å². The van der Waals surface area contributed by atoms with Gasteiger partial charge in [0.05, 0.1) is 0 Å². The highest BCUT2D eigenvalue weighted by Gasteiger charge is 2.16. The molecule has 2 rings (SSSR count). The molecule has 1 N–H and O–H groups in total. The van der Waals surface area contributed by atoms with Gasteiger partial charge in [0.25, 0.3) is 0 Å². The molecule has 1 aliphatic heterocycles. The molecule has 0 aliphatic carbocycles. The normalized spacial score (nSPS) is 23.0. The summed E-state index contributed by atoms with van der Waals surface area (Å²) in [6, 6.07) is 7.71. The average Bonchev–Trinajstić information content (AvgIpc) is 2.31. The first-order valence-corrected chi connectivity index (χ1v) is 7.00. The minimum atomic E-state index is -0.163. The second kappa shape index (κ2) is 5.69. The Labute approximate surface area is 101 Å².